The predicted octanol–water partition coefficient (Wildman–Crippen LogP) is 2.00. The molecule has 5 atom stereocenters. The monoisotopic (exact) mass is 639 g/mol. The number of ether oxygens (including phenoxy) is 4. The molecule has 2 unspecified atom stereocenters. The van der Waals surface area contributed by atoms with E-state index in [-0.39, 0.29) is 30.2 Å². The number of nitrogens with zero attached hydrogens (tertiary/aromatic N) is 2. The fraction of sp³-hybridized carbons (Fsp3) is 0.406. The number of hydrogen-bond donors (Lipinski definition) is 1. The summed E-state index contributed by atoms with van der Waals surface area (Å²) in [6.07, 6.45) is -2.55. The lowest BCUT2D eigenvalue weighted by molar-refractivity contribution is -0.156. The van der Waals surface area contributed by atoms with Crippen molar-refractivity contribution in [1.29, 1.82) is 0 Å². The number of carbonyl (C=O) groups excluding carboxylic acids is 3. The number of fused-ring (bicyclic) bond motifs is 1. The molecule has 2 saturated heterocycles. The van der Waals surface area contributed by atoms with E-state index in [1.54, 1.807) is 63.4 Å². The molecule has 3 aromatic rings. The number of hydrogen-bond acceptors (Lipinski definition) is 9. The standard InChI is InChI=1S/C32H34ClN3O9/c1-16-7-6-8-21(33)25(16)29(38)34-22(31(40)45-24-15-43-27-23(44-18(3)37)14-42-28(24)27)13-19-9-11-20(12-10-19)26-17(2)35(4)32(41)36(5)30(26)39/h6-12,22-24,27-28H,13-15H2,1-5H3,(H,34,38)/t22?,23-,24?,27+,28+/m0/s1. The molecule has 13 heteroatoms. The highest BCUT2D eigenvalue weighted by Crippen LogP contribution is 2.31. The van der Waals surface area contributed by atoms with Crippen molar-refractivity contribution >= 4 is 29.4 Å². The molecular formula is C32H34ClN3O9. The normalized spacial score (nSPS) is 21.2. The molecule has 1 N–H and O–H groups in total. The van der Waals surface area contributed by atoms with E-state index in [4.69, 9.17) is 30.5 Å². The van der Waals surface area contributed by atoms with Crippen molar-refractivity contribution < 1.29 is 33.3 Å². The first-order valence-corrected chi connectivity index (χ1v) is 14.8. The zero-order chi connectivity index (χ0) is 32.6. The zero-order valence-corrected chi connectivity index (χ0v) is 26.3. The van der Waals surface area contributed by atoms with Crippen molar-refractivity contribution in [1.82, 2.24) is 14.5 Å². The van der Waals surface area contributed by atoms with E-state index in [0.29, 0.717) is 27.9 Å². The molecular weight excluding hydrogens is 606 g/mol. The summed E-state index contributed by atoms with van der Waals surface area (Å²) in [7, 11) is 3.02. The van der Waals surface area contributed by atoms with Crippen LogP contribution in [0.25, 0.3) is 11.1 Å². The average molecular weight is 640 g/mol. The maximum atomic E-state index is 13.6. The van der Waals surface area contributed by atoms with E-state index in [9.17, 15) is 24.0 Å². The van der Waals surface area contributed by atoms with Gasteiger partial charge in [-0.1, -0.05) is 48.0 Å². The van der Waals surface area contributed by atoms with Gasteiger partial charge in [-0.05, 0) is 36.6 Å². The lowest BCUT2D eigenvalue weighted by Crippen LogP contribution is -2.46. The number of esters is 2. The second-order valence-corrected chi connectivity index (χ2v) is 11.7. The lowest BCUT2D eigenvalue weighted by Gasteiger charge is -2.23. The van der Waals surface area contributed by atoms with Gasteiger partial charge in [0.15, 0.2) is 12.2 Å². The van der Waals surface area contributed by atoms with Crippen LogP contribution < -0.4 is 16.6 Å². The van der Waals surface area contributed by atoms with Crippen LogP contribution in [0.3, 0.4) is 0 Å². The van der Waals surface area contributed by atoms with Gasteiger partial charge >= 0.3 is 17.6 Å². The molecule has 2 aliphatic rings. The fourth-order valence-corrected chi connectivity index (χ4v) is 6.05. The molecule has 12 nitrogen and oxygen atoms in total. The number of amides is 1. The number of aryl methyl sites for hydroxylation is 1. The van der Waals surface area contributed by atoms with E-state index in [2.05, 4.69) is 5.32 Å². The molecule has 0 radical (unpaired) electrons. The van der Waals surface area contributed by atoms with Gasteiger partial charge in [-0.25, -0.2) is 9.59 Å². The first-order chi connectivity index (χ1) is 21.4. The Kier molecular flexibility index (Phi) is 9.28. The minimum Gasteiger partial charge on any atom is -0.457 e. The van der Waals surface area contributed by atoms with Crippen molar-refractivity contribution in [2.24, 2.45) is 14.1 Å². The average Bonchev–Trinajstić information content (AvgIpc) is 3.58. The Morgan fingerprint density at radius 2 is 1.58 bits per heavy atom. The van der Waals surface area contributed by atoms with Gasteiger partial charge in [-0.2, -0.15) is 0 Å². The van der Waals surface area contributed by atoms with Crippen LogP contribution in [0.4, 0.5) is 0 Å². The Morgan fingerprint density at radius 3 is 2.18 bits per heavy atom. The first kappa shape index (κ1) is 32.1. The van der Waals surface area contributed by atoms with Gasteiger partial charge in [0, 0.05) is 33.1 Å². The lowest BCUT2D eigenvalue weighted by atomic mass is 9.99. The van der Waals surface area contributed by atoms with Crippen LogP contribution in [0.1, 0.15) is 34.1 Å². The smallest absolute Gasteiger partial charge is 0.330 e. The van der Waals surface area contributed by atoms with Gasteiger partial charge < -0.3 is 28.8 Å². The van der Waals surface area contributed by atoms with Gasteiger partial charge in [0.2, 0.25) is 0 Å². The third-order valence-corrected chi connectivity index (χ3v) is 8.54. The van der Waals surface area contributed by atoms with Crippen LogP contribution in [-0.2, 0) is 49.1 Å². The molecule has 2 aliphatic heterocycles. The maximum Gasteiger partial charge on any atom is 0.330 e. The molecule has 0 bridgehead atoms. The van der Waals surface area contributed by atoms with Crippen LogP contribution in [0.5, 0.6) is 0 Å². The summed E-state index contributed by atoms with van der Waals surface area (Å²) in [5.41, 5.74) is 2.18. The number of halogens is 1. The summed E-state index contributed by atoms with van der Waals surface area (Å²) in [5.74, 6) is -1.73. The van der Waals surface area contributed by atoms with Crippen molar-refractivity contribution in [3.8, 4) is 11.1 Å². The summed E-state index contributed by atoms with van der Waals surface area (Å²) in [6.45, 7) is 4.88. The molecule has 5 rings (SSSR count). The fourth-order valence-electron chi connectivity index (χ4n) is 5.74. The van der Waals surface area contributed by atoms with Gasteiger partial charge in [0.25, 0.3) is 11.5 Å². The number of carbonyl (C=O) groups is 3. The summed E-state index contributed by atoms with van der Waals surface area (Å²) >= 11 is 6.33. The van der Waals surface area contributed by atoms with E-state index >= 15 is 0 Å². The van der Waals surface area contributed by atoms with Crippen LogP contribution in [0, 0.1) is 13.8 Å². The summed E-state index contributed by atoms with van der Waals surface area (Å²) in [4.78, 5) is 63.7. The maximum absolute atomic E-state index is 13.6. The van der Waals surface area contributed by atoms with Gasteiger partial charge in [0.05, 0.1) is 29.4 Å². The summed E-state index contributed by atoms with van der Waals surface area (Å²) in [6, 6.07) is 10.9. The van der Waals surface area contributed by atoms with Crippen molar-refractivity contribution in [3.05, 3.63) is 90.7 Å². The van der Waals surface area contributed by atoms with E-state index in [0.717, 1.165) is 4.57 Å². The number of nitrogens with one attached hydrogen (secondary N) is 1. The molecule has 2 aromatic carbocycles. The van der Waals surface area contributed by atoms with Crippen molar-refractivity contribution in [2.45, 2.75) is 57.6 Å². The molecule has 238 valence electrons. The summed E-state index contributed by atoms with van der Waals surface area (Å²) in [5, 5.41) is 3.01. The third-order valence-electron chi connectivity index (χ3n) is 8.23. The minimum atomic E-state index is -1.13. The minimum absolute atomic E-state index is 0.0334. The van der Waals surface area contributed by atoms with Crippen molar-refractivity contribution in [2.75, 3.05) is 13.2 Å². The van der Waals surface area contributed by atoms with Gasteiger partial charge in [-0.3, -0.25) is 19.0 Å². The van der Waals surface area contributed by atoms with E-state index in [1.165, 1.54) is 18.5 Å². The highest BCUT2D eigenvalue weighted by atomic mass is 35.5. The Morgan fingerprint density at radius 1 is 0.956 bits per heavy atom. The third kappa shape index (κ3) is 6.44. The second kappa shape index (κ2) is 13.0. The van der Waals surface area contributed by atoms with Crippen LogP contribution >= 0.6 is 11.6 Å². The Bertz CT molecular complexity index is 1740. The summed E-state index contributed by atoms with van der Waals surface area (Å²) < 4.78 is 25.0. The highest BCUT2D eigenvalue weighted by Gasteiger charge is 2.51. The molecule has 0 saturated carbocycles. The predicted molar refractivity (Wildman–Crippen MR) is 163 cm³/mol. The topological polar surface area (TPSA) is 144 Å². The second-order valence-electron chi connectivity index (χ2n) is 11.2. The number of rotatable bonds is 8. The van der Waals surface area contributed by atoms with Crippen LogP contribution in [0.2, 0.25) is 5.02 Å². The SMILES string of the molecule is CC(=O)O[C@H]1CO[C@@H]2C(OC(=O)C(Cc3ccc(-c4c(C)n(C)c(=O)n(C)c4=O)cc3)NC(=O)c3c(C)cccc3Cl)CO[C@H]12. The molecule has 0 spiro atoms. The molecule has 0 aliphatic carbocycles. The molecule has 3 heterocycles. The quantitative estimate of drug-likeness (QED) is 0.366. The van der Waals surface area contributed by atoms with E-state index < -0.39 is 59.6 Å². The van der Waals surface area contributed by atoms with Crippen LogP contribution in [-0.4, -0.2) is 70.7 Å². The van der Waals surface area contributed by atoms with Gasteiger partial charge in [-0.15, -0.1) is 0 Å². The highest BCUT2D eigenvalue weighted by molar-refractivity contribution is 6.34. The van der Waals surface area contributed by atoms with Crippen molar-refractivity contribution in [3.63, 3.8) is 0 Å². The molecule has 1 aromatic heterocycles. The number of benzene rings is 2. The van der Waals surface area contributed by atoms with Crippen LogP contribution in [0.15, 0.2) is 52.1 Å². The Balaban J connectivity index is 1.39. The molecule has 45 heavy (non-hydrogen) atoms. The zero-order valence-electron chi connectivity index (χ0n) is 25.5. The molecule has 2 fully saturated rings. The first-order valence-electron chi connectivity index (χ1n) is 14.4. The van der Waals surface area contributed by atoms with Gasteiger partial charge in [0.1, 0.15) is 18.2 Å². The Labute approximate surface area is 263 Å². The van der Waals surface area contributed by atoms with E-state index in [1.807, 2.05) is 0 Å². The largest absolute Gasteiger partial charge is 0.457 e. The number of aromatic nitrogens is 2. The Hall–Kier alpha value is -4.26. The molecule has 1 amide bonds.